The van der Waals surface area contributed by atoms with Crippen molar-refractivity contribution in [2.24, 2.45) is 5.11 Å². The minimum atomic E-state index is -0.551. The van der Waals surface area contributed by atoms with Gasteiger partial charge in [0.05, 0.1) is 6.54 Å². The highest BCUT2D eigenvalue weighted by atomic mass is 16.6. The fourth-order valence-electron chi connectivity index (χ4n) is 1.63. The number of nitrogens with one attached hydrogen (secondary N) is 2. The van der Waals surface area contributed by atoms with Gasteiger partial charge in [-0.3, -0.25) is 4.79 Å². The number of hydrogen-bond acceptors (Lipinski definition) is 4. The molecular weight excluding hydrogens is 298 g/mol. The first-order chi connectivity index (χ1) is 10.8. The lowest BCUT2D eigenvalue weighted by atomic mass is 10.1. The smallest absolute Gasteiger partial charge is 0.407 e. The van der Waals surface area contributed by atoms with Gasteiger partial charge in [-0.25, -0.2) is 4.79 Å². The molecule has 1 aromatic rings. The summed E-state index contributed by atoms with van der Waals surface area (Å²) in [6.45, 7) is 6.15. The molecule has 23 heavy (non-hydrogen) atoms. The molecule has 0 radical (unpaired) electrons. The molecule has 0 aliphatic carbocycles. The molecule has 0 saturated carbocycles. The van der Waals surface area contributed by atoms with Gasteiger partial charge in [-0.2, -0.15) is 0 Å². The first-order valence-corrected chi connectivity index (χ1v) is 7.16. The Bertz CT molecular complexity index is 586. The van der Waals surface area contributed by atoms with Crippen LogP contribution in [0.2, 0.25) is 0 Å². The Morgan fingerprint density at radius 1 is 1.17 bits per heavy atom. The van der Waals surface area contributed by atoms with E-state index in [4.69, 9.17) is 10.3 Å². The number of alkyl carbamates (subject to hydrolysis) is 1. The normalized spacial score (nSPS) is 10.4. The lowest BCUT2D eigenvalue weighted by molar-refractivity contribution is 0.0526. The van der Waals surface area contributed by atoms with E-state index in [9.17, 15) is 9.59 Å². The summed E-state index contributed by atoms with van der Waals surface area (Å²) in [5, 5.41) is 8.69. The van der Waals surface area contributed by atoms with Crippen LogP contribution in [0.1, 0.15) is 36.7 Å². The highest BCUT2D eigenvalue weighted by molar-refractivity contribution is 5.94. The Balaban J connectivity index is 2.34. The molecule has 8 nitrogen and oxygen atoms in total. The second-order valence-electron chi connectivity index (χ2n) is 5.77. The highest BCUT2D eigenvalue weighted by Crippen LogP contribution is 2.07. The van der Waals surface area contributed by atoms with Crippen molar-refractivity contribution in [3.63, 3.8) is 0 Å². The van der Waals surface area contributed by atoms with Crippen molar-refractivity contribution in [2.75, 3.05) is 13.1 Å². The maximum Gasteiger partial charge on any atom is 0.407 e. The highest BCUT2D eigenvalue weighted by Gasteiger charge is 2.15. The van der Waals surface area contributed by atoms with Crippen molar-refractivity contribution < 1.29 is 14.3 Å². The van der Waals surface area contributed by atoms with E-state index in [-0.39, 0.29) is 19.0 Å². The summed E-state index contributed by atoms with van der Waals surface area (Å²) in [6, 6.07) is 6.75. The van der Waals surface area contributed by atoms with E-state index in [1.165, 1.54) is 0 Å². The molecule has 0 bridgehead atoms. The van der Waals surface area contributed by atoms with Crippen LogP contribution in [0.15, 0.2) is 29.4 Å². The molecule has 2 N–H and O–H groups in total. The Morgan fingerprint density at radius 3 is 2.35 bits per heavy atom. The van der Waals surface area contributed by atoms with Gasteiger partial charge < -0.3 is 15.4 Å². The monoisotopic (exact) mass is 319 g/mol. The first-order valence-electron chi connectivity index (χ1n) is 7.16. The predicted octanol–water partition coefficient (Wildman–Crippen LogP) is 2.75. The Morgan fingerprint density at radius 2 is 1.78 bits per heavy atom. The molecule has 0 fully saturated rings. The number of ether oxygens (including phenoxy) is 1. The summed E-state index contributed by atoms with van der Waals surface area (Å²) in [4.78, 5) is 26.0. The zero-order valence-electron chi connectivity index (χ0n) is 13.5. The Hall–Kier alpha value is -2.73. The SMILES string of the molecule is CC(C)(C)OC(=O)NCCNC(=O)c1ccc(CN=[N+]=[N-])cc1. The summed E-state index contributed by atoms with van der Waals surface area (Å²) in [5.41, 5.74) is 9.01. The molecule has 1 aromatic carbocycles. The van der Waals surface area contributed by atoms with E-state index in [1.807, 2.05) is 0 Å². The number of rotatable bonds is 6. The lowest BCUT2D eigenvalue weighted by Gasteiger charge is -2.19. The topological polar surface area (TPSA) is 116 Å². The fourth-order valence-corrected chi connectivity index (χ4v) is 1.63. The Labute approximate surface area is 134 Å². The molecule has 8 heteroatoms. The van der Waals surface area contributed by atoms with Gasteiger partial charge in [-0.05, 0) is 44.0 Å². The summed E-state index contributed by atoms with van der Waals surface area (Å²) in [6.07, 6.45) is -0.519. The van der Waals surface area contributed by atoms with Crippen LogP contribution >= 0.6 is 0 Å². The second-order valence-corrected chi connectivity index (χ2v) is 5.77. The number of nitrogens with zero attached hydrogens (tertiary/aromatic N) is 3. The van der Waals surface area contributed by atoms with Gasteiger partial charge in [0.25, 0.3) is 5.91 Å². The second kappa shape index (κ2) is 8.65. The van der Waals surface area contributed by atoms with Crippen LogP contribution in [0, 0.1) is 0 Å². The third kappa shape index (κ3) is 7.73. The molecule has 0 spiro atoms. The van der Waals surface area contributed by atoms with Crippen LogP contribution in [0.25, 0.3) is 10.4 Å². The van der Waals surface area contributed by atoms with Crippen molar-refractivity contribution in [1.29, 1.82) is 0 Å². The zero-order chi connectivity index (χ0) is 17.3. The molecule has 0 saturated heterocycles. The minimum absolute atomic E-state index is 0.244. The fraction of sp³-hybridized carbons (Fsp3) is 0.467. The Kier molecular flexibility index (Phi) is 6.89. The van der Waals surface area contributed by atoms with Gasteiger partial charge >= 0.3 is 6.09 Å². The van der Waals surface area contributed by atoms with E-state index < -0.39 is 11.7 Å². The van der Waals surface area contributed by atoms with Gasteiger partial charge in [0.2, 0.25) is 0 Å². The van der Waals surface area contributed by atoms with Crippen LogP contribution < -0.4 is 10.6 Å². The molecule has 1 rings (SSSR count). The standard InChI is InChI=1S/C15H21N5O3/c1-15(2,3)23-14(22)18-9-8-17-13(21)12-6-4-11(5-7-12)10-19-20-16/h4-7H,8-10H2,1-3H3,(H,17,21)(H,18,22). The van der Waals surface area contributed by atoms with Crippen molar-refractivity contribution in [3.05, 3.63) is 45.8 Å². The van der Waals surface area contributed by atoms with Crippen molar-refractivity contribution in [2.45, 2.75) is 32.9 Å². The molecule has 124 valence electrons. The van der Waals surface area contributed by atoms with Crippen LogP contribution in [0.4, 0.5) is 4.79 Å². The molecule has 0 aliphatic rings. The van der Waals surface area contributed by atoms with Crippen LogP contribution in [-0.2, 0) is 11.3 Å². The molecule has 2 amide bonds. The quantitative estimate of drug-likeness (QED) is 0.363. The van der Waals surface area contributed by atoms with Gasteiger partial charge in [0.1, 0.15) is 5.60 Å². The van der Waals surface area contributed by atoms with Gasteiger partial charge in [-0.1, -0.05) is 17.2 Å². The summed E-state index contributed by atoms with van der Waals surface area (Å²) in [7, 11) is 0. The lowest BCUT2D eigenvalue weighted by Crippen LogP contribution is -2.37. The number of carbonyl (C=O) groups excluding carboxylic acids is 2. The predicted molar refractivity (Wildman–Crippen MR) is 85.9 cm³/mol. The maximum atomic E-state index is 11.9. The molecule has 0 unspecified atom stereocenters. The zero-order valence-corrected chi connectivity index (χ0v) is 13.5. The summed E-state index contributed by atoms with van der Waals surface area (Å²) in [5.74, 6) is -0.244. The molecular formula is C15H21N5O3. The average Bonchev–Trinajstić information content (AvgIpc) is 2.48. The third-order valence-corrected chi connectivity index (χ3v) is 2.61. The number of amides is 2. The summed E-state index contributed by atoms with van der Waals surface area (Å²) >= 11 is 0. The van der Waals surface area contributed by atoms with E-state index >= 15 is 0 Å². The van der Waals surface area contributed by atoms with E-state index in [2.05, 4.69) is 20.7 Å². The first kappa shape index (κ1) is 18.3. The van der Waals surface area contributed by atoms with Gasteiger partial charge in [-0.15, -0.1) is 0 Å². The van der Waals surface area contributed by atoms with E-state index in [0.717, 1.165) is 5.56 Å². The van der Waals surface area contributed by atoms with Crippen molar-refractivity contribution in [1.82, 2.24) is 10.6 Å². The minimum Gasteiger partial charge on any atom is -0.444 e. The number of hydrogen-bond donors (Lipinski definition) is 2. The maximum absolute atomic E-state index is 11.9. The molecule has 0 atom stereocenters. The molecule has 0 aromatic heterocycles. The van der Waals surface area contributed by atoms with E-state index in [1.54, 1.807) is 45.0 Å². The number of carbonyl (C=O) groups is 2. The third-order valence-electron chi connectivity index (χ3n) is 2.61. The molecule has 0 heterocycles. The average molecular weight is 319 g/mol. The number of azide groups is 1. The van der Waals surface area contributed by atoms with E-state index in [0.29, 0.717) is 12.1 Å². The van der Waals surface area contributed by atoms with Crippen LogP contribution in [0.3, 0.4) is 0 Å². The largest absolute Gasteiger partial charge is 0.444 e. The molecule has 0 aliphatic heterocycles. The van der Waals surface area contributed by atoms with Crippen molar-refractivity contribution >= 4 is 12.0 Å². The van der Waals surface area contributed by atoms with Crippen LogP contribution in [0.5, 0.6) is 0 Å². The summed E-state index contributed by atoms with van der Waals surface area (Å²) < 4.78 is 5.08. The van der Waals surface area contributed by atoms with Gasteiger partial charge in [0, 0.05) is 23.6 Å². The van der Waals surface area contributed by atoms with Gasteiger partial charge in [0.15, 0.2) is 0 Å². The van der Waals surface area contributed by atoms with Crippen LogP contribution in [-0.4, -0.2) is 30.7 Å². The van der Waals surface area contributed by atoms with Crippen molar-refractivity contribution in [3.8, 4) is 0 Å². The number of benzene rings is 1.